The first-order chi connectivity index (χ1) is 8.78. The van der Waals surface area contributed by atoms with Crippen LogP contribution in [0.15, 0.2) is 18.5 Å². The van der Waals surface area contributed by atoms with E-state index in [0.717, 1.165) is 11.3 Å². The number of imidazole rings is 1. The van der Waals surface area contributed by atoms with Gasteiger partial charge in [-0.15, -0.1) is 0 Å². The minimum atomic E-state index is 0.500. The molecule has 1 aliphatic rings. The van der Waals surface area contributed by atoms with Gasteiger partial charge in [0.15, 0.2) is 0 Å². The molecule has 3 heterocycles. The Kier molecular flexibility index (Phi) is 2.96. The van der Waals surface area contributed by atoms with Gasteiger partial charge in [-0.25, -0.2) is 4.98 Å². The van der Waals surface area contributed by atoms with Crippen molar-refractivity contribution in [3.8, 4) is 0 Å². The van der Waals surface area contributed by atoms with Crippen molar-refractivity contribution in [2.24, 2.45) is 5.73 Å². The molecule has 2 aromatic heterocycles. The lowest BCUT2D eigenvalue weighted by molar-refractivity contribution is 0.577. The van der Waals surface area contributed by atoms with Crippen molar-refractivity contribution in [1.82, 2.24) is 9.38 Å². The third-order valence-electron chi connectivity index (χ3n) is 3.70. The van der Waals surface area contributed by atoms with E-state index in [4.69, 9.17) is 5.73 Å². The fraction of sp³-hybridized carbons (Fsp3) is 0.500. The summed E-state index contributed by atoms with van der Waals surface area (Å²) in [6, 6.07) is 2.24. The molecule has 0 radical (unpaired) electrons. The van der Waals surface area contributed by atoms with Gasteiger partial charge >= 0.3 is 0 Å². The van der Waals surface area contributed by atoms with Crippen LogP contribution in [-0.2, 0) is 6.54 Å². The number of aromatic nitrogens is 2. The molecule has 0 unspecified atom stereocenters. The third kappa shape index (κ3) is 1.97. The predicted molar refractivity (Wildman–Crippen MR) is 73.9 cm³/mol. The molecule has 2 N–H and O–H groups in total. The summed E-state index contributed by atoms with van der Waals surface area (Å²) in [6.45, 7) is 4.96. The quantitative estimate of drug-likeness (QED) is 0.880. The average Bonchev–Trinajstić information content (AvgIpc) is 2.83. The molecular formula is C14H20N4. The van der Waals surface area contributed by atoms with Crippen molar-refractivity contribution in [3.05, 3.63) is 29.7 Å². The van der Waals surface area contributed by atoms with Crippen molar-refractivity contribution < 1.29 is 0 Å². The van der Waals surface area contributed by atoms with E-state index in [-0.39, 0.29) is 0 Å². The summed E-state index contributed by atoms with van der Waals surface area (Å²) in [5.41, 5.74) is 10.2. The molecule has 1 aliphatic heterocycles. The summed E-state index contributed by atoms with van der Waals surface area (Å²) in [7, 11) is 0. The largest absolute Gasteiger partial charge is 0.370 e. The van der Waals surface area contributed by atoms with Gasteiger partial charge in [0.1, 0.15) is 5.65 Å². The van der Waals surface area contributed by atoms with E-state index in [0.29, 0.717) is 6.54 Å². The molecule has 4 nitrogen and oxygen atoms in total. The highest BCUT2D eigenvalue weighted by atomic mass is 15.1. The minimum Gasteiger partial charge on any atom is -0.370 e. The van der Waals surface area contributed by atoms with Gasteiger partial charge in [-0.3, -0.25) is 0 Å². The number of fused-ring (bicyclic) bond motifs is 1. The van der Waals surface area contributed by atoms with Crippen LogP contribution in [0.1, 0.15) is 30.5 Å². The maximum Gasteiger partial charge on any atom is 0.140 e. The standard InChI is InChI=1S/C14H20N4/c1-11-7-13(17-5-3-2-4-6-17)10-18-9-12(8-15)16-14(11)18/h7,9-10H,2-6,8,15H2,1H3. The van der Waals surface area contributed by atoms with Crippen LogP contribution >= 0.6 is 0 Å². The molecule has 1 saturated heterocycles. The highest BCUT2D eigenvalue weighted by Gasteiger charge is 2.13. The zero-order valence-corrected chi connectivity index (χ0v) is 10.9. The Morgan fingerprint density at radius 1 is 1.22 bits per heavy atom. The maximum absolute atomic E-state index is 5.66. The van der Waals surface area contributed by atoms with Crippen LogP contribution in [0.2, 0.25) is 0 Å². The van der Waals surface area contributed by atoms with Gasteiger partial charge in [0.05, 0.1) is 11.4 Å². The van der Waals surface area contributed by atoms with Gasteiger partial charge in [0.25, 0.3) is 0 Å². The van der Waals surface area contributed by atoms with Crippen LogP contribution in [0, 0.1) is 6.92 Å². The molecule has 4 heteroatoms. The Bertz CT molecular complexity index is 552. The van der Waals surface area contributed by atoms with Crippen LogP contribution in [0.3, 0.4) is 0 Å². The monoisotopic (exact) mass is 244 g/mol. The number of nitrogens with zero attached hydrogens (tertiary/aromatic N) is 3. The van der Waals surface area contributed by atoms with Gasteiger partial charge in [0.2, 0.25) is 0 Å². The zero-order valence-electron chi connectivity index (χ0n) is 10.9. The SMILES string of the molecule is Cc1cc(N2CCCCC2)cn2cc(CN)nc12. The number of hydrogen-bond donors (Lipinski definition) is 1. The molecule has 0 bridgehead atoms. The zero-order chi connectivity index (χ0) is 12.5. The molecule has 0 spiro atoms. The lowest BCUT2D eigenvalue weighted by Crippen LogP contribution is -2.29. The fourth-order valence-electron chi connectivity index (χ4n) is 2.72. The van der Waals surface area contributed by atoms with Crippen LogP contribution in [0.4, 0.5) is 5.69 Å². The summed E-state index contributed by atoms with van der Waals surface area (Å²) in [4.78, 5) is 7.01. The third-order valence-corrected chi connectivity index (χ3v) is 3.70. The fourth-order valence-corrected chi connectivity index (χ4v) is 2.72. The first-order valence-electron chi connectivity index (χ1n) is 6.71. The van der Waals surface area contributed by atoms with E-state index in [2.05, 4.69) is 33.5 Å². The molecule has 1 fully saturated rings. The van der Waals surface area contributed by atoms with Crippen LogP contribution in [-0.4, -0.2) is 22.5 Å². The number of hydrogen-bond acceptors (Lipinski definition) is 3. The number of rotatable bonds is 2. The van der Waals surface area contributed by atoms with Crippen molar-refractivity contribution >= 4 is 11.3 Å². The molecule has 18 heavy (non-hydrogen) atoms. The van der Waals surface area contributed by atoms with Crippen molar-refractivity contribution in [3.63, 3.8) is 0 Å². The van der Waals surface area contributed by atoms with E-state index in [1.165, 1.54) is 43.6 Å². The number of pyridine rings is 1. The molecule has 3 rings (SSSR count). The molecular weight excluding hydrogens is 224 g/mol. The van der Waals surface area contributed by atoms with Gasteiger partial charge in [0, 0.05) is 32.0 Å². The van der Waals surface area contributed by atoms with E-state index < -0.39 is 0 Å². The Morgan fingerprint density at radius 2 is 2.00 bits per heavy atom. The Hall–Kier alpha value is -1.55. The van der Waals surface area contributed by atoms with E-state index in [1.807, 2.05) is 6.20 Å². The molecule has 2 aromatic rings. The first kappa shape index (κ1) is 11.5. The number of aryl methyl sites for hydroxylation is 1. The predicted octanol–water partition coefficient (Wildman–Crippen LogP) is 2.09. The minimum absolute atomic E-state index is 0.500. The Balaban J connectivity index is 2.02. The molecule has 0 aliphatic carbocycles. The van der Waals surface area contributed by atoms with E-state index in [1.54, 1.807) is 0 Å². The smallest absolute Gasteiger partial charge is 0.140 e. The normalized spacial score (nSPS) is 16.4. The van der Waals surface area contributed by atoms with Crippen LogP contribution < -0.4 is 10.6 Å². The molecule has 0 aromatic carbocycles. The van der Waals surface area contributed by atoms with Gasteiger partial charge in [-0.1, -0.05) is 0 Å². The number of piperidine rings is 1. The highest BCUT2D eigenvalue weighted by Crippen LogP contribution is 2.23. The van der Waals surface area contributed by atoms with Crippen molar-refractivity contribution in [2.45, 2.75) is 32.7 Å². The summed E-state index contributed by atoms with van der Waals surface area (Å²) >= 11 is 0. The molecule has 0 amide bonds. The molecule has 0 saturated carbocycles. The average molecular weight is 244 g/mol. The van der Waals surface area contributed by atoms with E-state index in [9.17, 15) is 0 Å². The van der Waals surface area contributed by atoms with Gasteiger partial charge < -0.3 is 15.0 Å². The van der Waals surface area contributed by atoms with E-state index >= 15 is 0 Å². The number of anilines is 1. The van der Waals surface area contributed by atoms with Crippen molar-refractivity contribution in [1.29, 1.82) is 0 Å². The summed E-state index contributed by atoms with van der Waals surface area (Å²) in [5.74, 6) is 0. The molecule has 96 valence electrons. The second-order valence-corrected chi connectivity index (χ2v) is 5.10. The molecule has 0 atom stereocenters. The summed E-state index contributed by atoms with van der Waals surface area (Å²) < 4.78 is 2.11. The summed E-state index contributed by atoms with van der Waals surface area (Å²) in [5, 5.41) is 0. The highest BCUT2D eigenvalue weighted by molar-refractivity contribution is 5.58. The second-order valence-electron chi connectivity index (χ2n) is 5.10. The lowest BCUT2D eigenvalue weighted by atomic mass is 10.1. The topological polar surface area (TPSA) is 46.6 Å². The van der Waals surface area contributed by atoms with Gasteiger partial charge in [-0.2, -0.15) is 0 Å². The lowest BCUT2D eigenvalue weighted by Gasteiger charge is -2.29. The van der Waals surface area contributed by atoms with Crippen molar-refractivity contribution in [2.75, 3.05) is 18.0 Å². The number of nitrogens with two attached hydrogens (primary N) is 1. The van der Waals surface area contributed by atoms with Crippen LogP contribution in [0.25, 0.3) is 5.65 Å². The Morgan fingerprint density at radius 3 is 2.72 bits per heavy atom. The van der Waals surface area contributed by atoms with Gasteiger partial charge in [-0.05, 0) is 37.8 Å². The first-order valence-corrected chi connectivity index (χ1v) is 6.71. The van der Waals surface area contributed by atoms with Crippen LogP contribution in [0.5, 0.6) is 0 Å². The second kappa shape index (κ2) is 4.61. The summed E-state index contributed by atoms with van der Waals surface area (Å²) in [6.07, 6.45) is 8.18. The maximum atomic E-state index is 5.66. The Labute approximate surface area is 107 Å².